The first-order chi connectivity index (χ1) is 17.0. The van der Waals surface area contributed by atoms with Gasteiger partial charge in [-0.3, -0.25) is 9.59 Å². The highest BCUT2D eigenvalue weighted by Gasteiger charge is 2.43. The molecule has 186 valence electrons. The lowest BCUT2D eigenvalue weighted by atomic mass is 9.82. The molecule has 2 aromatic rings. The number of piperazine rings is 2. The normalized spacial score (nSPS) is 21.8. The fourth-order valence-corrected chi connectivity index (χ4v) is 5.69. The fraction of sp³-hybridized carbons (Fsp3) is 0.481. The molecule has 3 aliphatic heterocycles. The summed E-state index contributed by atoms with van der Waals surface area (Å²) in [5.74, 6) is 1.81. The van der Waals surface area contributed by atoms with Crippen LogP contribution in [0.3, 0.4) is 0 Å². The number of methoxy groups -OCH3 is 2. The number of carbonyl (C=O) groups is 2. The smallest absolute Gasteiger partial charge is 0.228 e. The van der Waals surface area contributed by atoms with Crippen LogP contribution in [-0.4, -0.2) is 87.7 Å². The second-order valence-electron chi connectivity index (χ2n) is 9.54. The minimum absolute atomic E-state index is 0.0591. The topological polar surface area (TPSA) is 65.6 Å². The number of carbonyl (C=O) groups excluding carboxylic acids is 2. The molecule has 0 unspecified atom stereocenters. The Kier molecular flexibility index (Phi) is 6.45. The van der Waals surface area contributed by atoms with Gasteiger partial charge >= 0.3 is 0 Å². The average Bonchev–Trinajstić information content (AvgIpc) is 2.91. The lowest BCUT2D eigenvalue weighted by Crippen LogP contribution is -2.62. The maximum Gasteiger partial charge on any atom is 0.228 e. The van der Waals surface area contributed by atoms with Crippen molar-refractivity contribution >= 4 is 23.2 Å². The molecule has 0 spiro atoms. The van der Waals surface area contributed by atoms with Crippen molar-refractivity contribution in [3.63, 3.8) is 0 Å². The molecule has 0 saturated carbocycles. The van der Waals surface area contributed by atoms with Gasteiger partial charge in [0.05, 0.1) is 26.2 Å². The van der Waals surface area contributed by atoms with Crippen LogP contribution in [-0.2, 0) is 16.0 Å². The van der Waals surface area contributed by atoms with Crippen molar-refractivity contribution in [2.75, 3.05) is 69.8 Å². The Morgan fingerprint density at radius 1 is 0.829 bits per heavy atom. The summed E-state index contributed by atoms with van der Waals surface area (Å²) in [6.07, 6.45) is 0.711. The van der Waals surface area contributed by atoms with Crippen molar-refractivity contribution in [3.05, 3.63) is 48.0 Å². The van der Waals surface area contributed by atoms with E-state index in [9.17, 15) is 9.59 Å². The second-order valence-corrected chi connectivity index (χ2v) is 9.54. The van der Waals surface area contributed by atoms with E-state index in [1.165, 1.54) is 11.3 Å². The fourth-order valence-electron chi connectivity index (χ4n) is 5.69. The van der Waals surface area contributed by atoms with Crippen LogP contribution in [0.5, 0.6) is 11.5 Å². The van der Waals surface area contributed by atoms with Crippen LogP contribution in [0.1, 0.15) is 12.5 Å². The maximum atomic E-state index is 13.9. The number of ether oxygens (including phenoxy) is 2. The summed E-state index contributed by atoms with van der Waals surface area (Å²) in [4.78, 5) is 34.2. The minimum atomic E-state index is -0.138. The van der Waals surface area contributed by atoms with Gasteiger partial charge in [0.2, 0.25) is 11.8 Å². The lowest BCUT2D eigenvalue weighted by molar-refractivity contribution is -0.142. The van der Waals surface area contributed by atoms with Crippen LogP contribution >= 0.6 is 0 Å². The van der Waals surface area contributed by atoms with Crippen molar-refractivity contribution in [1.29, 1.82) is 0 Å². The Bertz CT molecular complexity index is 1080. The van der Waals surface area contributed by atoms with Gasteiger partial charge in [-0.05, 0) is 42.3 Å². The monoisotopic (exact) mass is 478 g/mol. The molecule has 0 bridgehead atoms. The van der Waals surface area contributed by atoms with E-state index in [1.807, 2.05) is 28.0 Å². The Morgan fingerprint density at radius 2 is 1.49 bits per heavy atom. The van der Waals surface area contributed by atoms with Gasteiger partial charge in [-0.1, -0.05) is 6.07 Å². The largest absolute Gasteiger partial charge is 0.497 e. The summed E-state index contributed by atoms with van der Waals surface area (Å²) < 4.78 is 10.8. The van der Waals surface area contributed by atoms with Crippen molar-refractivity contribution in [2.45, 2.75) is 19.4 Å². The van der Waals surface area contributed by atoms with Crippen LogP contribution in [0.4, 0.5) is 11.4 Å². The number of nitrogens with zero attached hydrogens (tertiary/aromatic N) is 4. The van der Waals surface area contributed by atoms with E-state index in [4.69, 9.17) is 9.47 Å². The molecule has 2 atom stereocenters. The Labute approximate surface area is 207 Å². The number of fused-ring (bicyclic) bond motifs is 3. The summed E-state index contributed by atoms with van der Waals surface area (Å²) in [6, 6.07) is 14.4. The van der Waals surface area contributed by atoms with E-state index < -0.39 is 0 Å². The predicted molar refractivity (Wildman–Crippen MR) is 135 cm³/mol. The van der Waals surface area contributed by atoms with Crippen LogP contribution < -0.4 is 19.3 Å². The standard InChI is InChI=1S/C27H34N4O4/c1-19(32)28-10-12-29(13-11-28)27(33)24-16-20-4-7-23(35-3)17-25(20)31-15-14-30(18-26(24)31)21-5-8-22(34-2)9-6-21/h4-9,17,24,26H,10-16,18H2,1-3H3/t24-,26+/m0/s1. The Balaban J connectivity index is 1.42. The van der Waals surface area contributed by atoms with E-state index in [0.29, 0.717) is 32.6 Å². The van der Waals surface area contributed by atoms with Gasteiger partial charge in [-0.25, -0.2) is 0 Å². The molecule has 8 nitrogen and oxygen atoms in total. The number of hydrogen-bond acceptors (Lipinski definition) is 6. The highest BCUT2D eigenvalue weighted by atomic mass is 16.5. The zero-order chi connectivity index (χ0) is 24.5. The summed E-state index contributed by atoms with van der Waals surface area (Å²) in [7, 11) is 3.37. The van der Waals surface area contributed by atoms with Gasteiger partial charge in [0.1, 0.15) is 11.5 Å². The van der Waals surface area contributed by atoms with Crippen LogP contribution in [0.25, 0.3) is 0 Å². The number of rotatable bonds is 4. The zero-order valence-electron chi connectivity index (χ0n) is 20.8. The minimum Gasteiger partial charge on any atom is -0.497 e. The molecule has 0 N–H and O–H groups in total. The third-order valence-electron chi connectivity index (χ3n) is 7.72. The average molecular weight is 479 g/mol. The van der Waals surface area contributed by atoms with Gasteiger partial charge in [0, 0.05) is 70.2 Å². The number of amides is 2. The lowest BCUT2D eigenvalue weighted by Gasteiger charge is -2.50. The third kappa shape index (κ3) is 4.49. The van der Waals surface area contributed by atoms with Crippen molar-refractivity contribution < 1.29 is 19.1 Å². The van der Waals surface area contributed by atoms with E-state index in [0.717, 1.165) is 36.8 Å². The molecule has 3 heterocycles. The van der Waals surface area contributed by atoms with Gasteiger partial charge in [0.15, 0.2) is 0 Å². The molecule has 2 amide bonds. The molecule has 2 aromatic carbocycles. The molecule has 2 saturated heterocycles. The summed E-state index contributed by atoms with van der Waals surface area (Å²) in [6.45, 7) is 6.47. The highest BCUT2D eigenvalue weighted by Crippen LogP contribution is 2.39. The van der Waals surface area contributed by atoms with Crippen LogP contribution in [0.15, 0.2) is 42.5 Å². The van der Waals surface area contributed by atoms with E-state index >= 15 is 0 Å². The maximum absolute atomic E-state index is 13.9. The van der Waals surface area contributed by atoms with Gasteiger partial charge in [-0.2, -0.15) is 0 Å². The molecule has 35 heavy (non-hydrogen) atoms. The highest BCUT2D eigenvalue weighted by molar-refractivity contribution is 5.83. The summed E-state index contributed by atoms with van der Waals surface area (Å²) >= 11 is 0. The first kappa shape index (κ1) is 23.3. The molecule has 8 heteroatoms. The number of benzene rings is 2. The number of hydrogen-bond donors (Lipinski definition) is 0. The Morgan fingerprint density at radius 3 is 2.14 bits per heavy atom. The zero-order valence-corrected chi connectivity index (χ0v) is 20.8. The van der Waals surface area contributed by atoms with Crippen molar-refractivity contribution in [3.8, 4) is 11.5 Å². The van der Waals surface area contributed by atoms with E-state index in [1.54, 1.807) is 21.1 Å². The molecule has 0 aliphatic carbocycles. The molecule has 5 rings (SSSR count). The molecule has 0 radical (unpaired) electrons. The molecule has 2 fully saturated rings. The Hall–Kier alpha value is -3.42. The first-order valence-electron chi connectivity index (χ1n) is 12.4. The van der Waals surface area contributed by atoms with Crippen molar-refractivity contribution in [2.24, 2.45) is 5.92 Å². The molecular formula is C27H34N4O4. The quantitative estimate of drug-likeness (QED) is 0.672. The van der Waals surface area contributed by atoms with E-state index in [2.05, 4.69) is 34.1 Å². The number of anilines is 2. The molecule has 0 aromatic heterocycles. The summed E-state index contributed by atoms with van der Waals surface area (Å²) in [5, 5.41) is 0. The first-order valence-corrected chi connectivity index (χ1v) is 12.4. The van der Waals surface area contributed by atoms with Crippen LogP contribution in [0.2, 0.25) is 0 Å². The van der Waals surface area contributed by atoms with Crippen molar-refractivity contribution in [1.82, 2.24) is 9.80 Å². The third-order valence-corrected chi connectivity index (χ3v) is 7.72. The van der Waals surface area contributed by atoms with Gasteiger partial charge in [0.25, 0.3) is 0 Å². The summed E-state index contributed by atoms with van der Waals surface area (Å²) in [5.41, 5.74) is 3.51. The predicted octanol–water partition coefficient (Wildman–Crippen LogP) is 2.26. The van der Waals surface area contributed by atoms with Gasteiger partial charge in [-0.15, -0.1) is 0 Å². The second kappa shape index (κ2) is 9.68. The SMILES string of the molecule is COc1ccc(N2CCN3c4cc(OC)ccc4C[C@H](C(=O)N4CCN(C(C)=O)CC4)[C@H]3C2)cc1. The molecule has 3 aliphatic rings. The molecular weight excluding hydrogens is 444 g/mol. The van der Waals surface area contributed by atoms with Gasteiger partial charge < -0.3 is 29.1 Å². The van der Waals surface area contributed by atoms with Crippen LogP contribution in [0, 0.1) is 5.92 Å². The van der Waals surface area contributed by atoms with E-state index in [-0.39, 0.29) is 23.8 Å².